The van der Waals surface area contributed by atoms with Crippen LogP contribution in [0.25, 0.3) is 10.9 Å². The Kier molecular flexibility index (Phi) is 6.80. The molecule has 38 heavy (non-hydrogen) atoms. The Morgan fingerprint density at radius 1 is 1.21 bits per heavy atom. The molecule has 0 saturated heterocycles. The van der Waals surface area contributed by atoms with Crippen LogP contribution < -0.4 is 9.47 Å². The van der Waals surface area contributed by atoms with Crippen LogP contribution >= 0.6 is 23.2 Å². The molecule has 2 heterocycles. The van der Waals surface area contributed by atoms with Crippen molar-refractivity contribution in [1.29, 1.82) is 5.26 Å². The van der Waals surface area contributed by atoms with Crippen LogP contribution in [0, 0.1) is 17.1 Å². The van der Waals surface area contributed by atoms with Crippen LogP contribution in [0.5, 0.6) is 23.0 Å². The molecule has 8 nitrogen and oxygen atoms in total. The van der Waals surface area contributed by atoms with Gasteiger partial charge in [0, 0.05) is 41.3 Å². The van der Waals surface area contributed by atoms with Gasteiger partial charge in [-0.2, -0.15) is 5.26 Å². The van der Waals surface area contributed by atoms with E-state index >= 15 is 4.39 Å². The summed E-state index contributed by atoms with van der Waals surface area (Å²) in [6.45, 7) is 0.838. The van der Waals surface area contributed by atoms with Crippen molar-refractivity contribution in [3.63, 3.8) is 0 Å². The Hall–Kier alpha value is -3.97. The maximum atomic E-state index is 15.6. The van der Waals surface area contributed by atoms with Gasteiger partial charge in [0.05, 0.1) is 29.3 Å². The summed E-state index contributed by atoms with van der Waals surface area (Å²) in [6, 6.07) is 12.5. The van der Waals surface area contributed by atoms with E-state index in [9.17, 15) is 20.3 Å². The molecule has 11 heteroatoms. The number of halogens is 3. The van der Waals surface area contributed by atoms with Crippen molar-refractivity contribution >= 4 is 40.2 Å². The van der Waals surface area contributed by atoms with E-state index in [1.54, 1.807) is 12.1 Å². The fourth-order valence-corrected chi connectivity index (χ4v) is 5.23. The molecular weight excluding hydrogens is 536 g/mol. The minimum atomic E-state index is -1.19. The predicted molar refractivity (Wildman–Crippen MR) is 139 cm³/mol. The van der Waals surface area contributed by atoms with Gasteiger partial charge in [-0.1, -0.05) is 29.3 Å². The second kappa shape index (κ2) is 10.1. The van der Waals surface area contributed by atoms with Gasteiger partial charge in [-0.3, -0.25) is 4.90 Å². The van der Waals surface area contributed by atoms with Crippen LogP contribution in [-0.2, 0) is 19.5 Å². The molecule has 194 valence electrons. The molecule has 0 spiro atoms. The number of nitriles is 1. The molecule has 5 rings (SSSR count). The number of ether oxygens (including phenoxy) is 2. The lowest BCUT2D eigenvalue weighted by Crippen LogP contribution is -2.32. The summed E-state index contributed by atoms with van der Waals surface area (Å²) in [7, 11) is 1.43. The lowest BCUT2D eigenvalue weighted by molar-refractivity contribution is 0.191. The van der Waals surface area contributed by atoms with Crippen molar-refractivity contribution < 1.29 is 28.9 Å². The number of nitrogens with zero attached hydrogens (tertiary/aromatic N) is 3. The minimum absolute atomic E-state index is 0.0427. The molecule has 0 fully saturated rings. The van der Waals surface area contributed by atoms with Gasteiger partial charge < -0.3 is 19.7 Å². The van der Waals surface area contributed by atoms with Crippen LogP contribution in [0.3, 0.4) is 0 Å². The summed E-state index contributed by atoms with van der Waals surface area (Å²) in [5.74, 6) is -0.577. The molecule has 1 aliphatic rings. The zero-order valence-corrected chi connectivity index (χ0v) is 21.5. The smallest absolute Gasteiger partial charge is 0.416 e. The van der Waals surface area contributed by atoms with E-state index in [-0.39, 0.29) is 57.3 Å². The maximum Gasteiger partial charge on any atom is 0.416 e. The molecule has 2 N–H and O–H groups in total. The minimum Gasteiger partial charge on any atom is -0.504 e. The number of aromatic hydroxyl groups is 1. The summed E-state index contributed by atoms with van der Waals surface area (Å²) >= 11 is 12.3. The van der Waals surface area contributed by atoms with Crippen molar-refractivity contribution in [2.75, 3.05) is 13.7 Å². The first-order valence-corrected chi connectivity index (χ1v) is 12.2. The van der Waals surface area contributed by atoms with Gasteiger partial charge in [-0.15, -0.1) is 0 Å². The van der Waals surface area contributed by atoms with Gasteiger partial charge in [0.2, 0.25) is 0 Å². The van der Waals surface area contributed by atoms with E-state index in [4.69, 9.17) is 32.7 Å². The molecule has 0 bridgehead atoms. The van der Waals surface area contributed by atoms with E-state index < -0.39 is 11.9 Å². The monoisotopic (exact) mass is 555 g/mol. The van der Waals surface area contributed by atoms with Gasteiger partial charge in [0.1, 0.15) is 5.75 Å². The van der Waals surface area contributed by atoms with Crippen molar-refractivity contribution in [1.82, 2.24) is 9.47 Å². The first kappa shape index (κ1) is 25.7. The molecule has 1 aliphatic heterocycles. The van der Waals surface area contributed by atoms with Crippen LogP contribution in [-0.4, -0.2) is 39.4 Å². The first-order chi connectivity index (χ1) is 18.2. The van der Waals surface area contributed by atoms with Crippen molar-refractivity contribution in [3.05, 3.63) is 80.7 Å². The van der Waals surface area contributed by atoms with Crippen LogP contribution in [0.4, 0.5) is 9.18 Å². The SMILES string of the molecule is COc1ccc2c(c1O)c1c(n2C(=O)O)CN(Cc2ccc(Cl)c(Oc3cc(Cl)cc(C#N)c3)c2F)CC1. The number of phenols is 1. The van der Waals surface area contributed by atoms with Crippen molar-refractivity contribution in [2.45, 2.75) is 19.5 Å². The van der Waals surface area contributed by atoms with Gasteiger partial charge in [0.25, 0.3) is 0 Å². The molecule has 0 atom stereocenters. The molecule has 0 amide bonds. The second-order valence-electron chi connectivity index (χ2n) is 8.75. The Balaban J connectivity index is 1.47. The van der Waals surface area contributed by atoms with E-state index in [0.29, 0.717) is 35.1 Å². The maximum absolute atomic E-state index is 15.6. The van der Waals surface area contributed by atoms with Gasteiger partial charge in [-0.25, -0.2) is 13.8 Å². The number of hydrogen-bond acceptors (Lipinski definition) is 6. The van der Waals surface area contributed by atoms with Crippen molar-refractivity contribution in [2.24, 2.45) is 0 Å². The molecule has 1 aromatic heterocycles. The standard InChI is InChI=1S/C27H20Cl2FN3O5/c1-37-22-5-4-20-23(25(22)34)18-6-7-32(13-21(18)33(20)27(35)36)12-15-2-3-19(29)26(24(15)30)38-17-9-14(11-31)8-16(28)10-17/h2-5,8-10,34H,6-7,12-13H2,1H3,(H,35,36). The Morgan fingerprint density at radius 3 is 2.71 bits per heavy atom. The lowest BCUT2D eigenvalue weighted by Gasteiger charge is -2.28. The Labute approximate surface area is 226 Å². The van der Waals surface area contributed by atoms with Crippen LogP contribution in [0.2, 0.25) is 10.0 Å². The average Bonchev–Trinajstić information content (AvgIpc) is 3.22. The number of aromatic nitrogens is 1. The molecule has 3 aromatic carbocycles. The van der Waals surface area contributed by atoms with E-state index in [1.807, 2.05) is 11.0 Å². The predicted octanol–water partition coefficient (Wildman–Crippen LogP) is 6.55. The summed E-state index contributed by atoms with van der Waals surface area (Å²) in [4.78, 5) is 14.1. The highest BCUT2D eigenvalue weighted by molar-refractivity contribution is 6.32. The zero-order chi connectivity index (χ0) is 27.1. The highest BCUT2D eigenvalue weighted by Gasteiger charge is 2.30. The summed E-state index contributed by atoms with van der Waals surface area (Å²) in [5, 5.41) is 30.6. The second-order valence-corrected chi connectivity index (χ2v) is 9.60. The number of rotatable bonds is 5. The fourth-order valence-electron chi connectivity index (χ4n) is 4.82. The van der Waals surface area contributed by atoms with Gasteiger partial charge in [0.15, 0.2) is 23.1 Å². The average molecular weight is 556 g/mol. The number of methoxy groups -OCH3 is 1. The topological polar surface area (TPSA) is 108 Å². The largest absolute Gasteiger partial charge is 0.504 e. The third kappa shape index (κ3) is 4.47. The normalized spacial score (nSPS) is 13.2. The number of carboxylic acid groups (broad SMARTS) is 1. The van der Waals surface area contributed by atoms with E-state index in [0.717, 1.165) is 4.57 Å². The van der Waals surface area contributed by atoms with Gasteiger partial charge in [-0.05, 0) is 48.4 Å². The highest BCUT2D eigenvalue weighted by atomic mass is 35.5. The number of hydrogen-bond donors (Lipinski definition) is 2. The molecule has 0 unspecified atom stereocenters. The van der Waals surface area contributed by atoms with E-state index in [2.05, 4.69) is 0 Å². The molecule has 0 aliphatic carbocycles. The zero-order valence-electron chi connectivity index (χ0n) is 20.0. The van der Waals surface area contributed by atoms with Crippen LogP contribution in [0.1, 0.15) is 22.4 Å². The highest BCUT2D eigenvalue weighted by Crippen LogP contribution is 2.42. The first-order valence-electron chi connectivity index (χ1n) is 11.4. The Bertz CT molecular complexity index is 1650. The third-order valence-corrected chi connectivity index (χ3v) is 7.00. The quantitative estimate of drug-likeness (QED) is 0.287. The number of carbonyl (C=O) groups is 1. The molecule has 0 saturated carbocycles. The summed E-state index contributed by atoms with van der Waals surface area (Å²) in [6.07, 6.45) is -0.750. The molecule has 4 aromatic rings. The number of benzene rings is 3. The van der Waals surface area contributed by atoms with Gasteiger partial charge >= 0.3 is 6.09 Å². The summed E-state index contributed by atoms with van der Waals surface area (Å²) < 4.78 is 27.6. The lowest BCUT2D eigenvalue weighted by atomic mass is 10.0. The molecular formula is C27H20Cl2FN3O5. The number of phenolic OH excluding ortho intramolecular Hbond substituents is 1. The fraction of sp³-hybridized carbons (Fsp3) is 0.185. The van der Waals surface area contributed by atoms with Crippen molar-refractivity contribution in [3.8, 4) is 29.1 Å². The van der Waals surface area contributed by atoms with E-state index in [1.165, 1.54) is 37.4 Å². The Morgan fingerprint density at radius 2 is 2.00 bits per heavy atom. The number of fused-ring (bicyclic) bond motifs is 3. The third-order valence-electron chi connectivity index (χ3n) is 6.49. The molecule has 0 radical (unpaired) electrons. The van der Waals surface area contributed by atoms with Crippen LogP contribution in [0.15, 0.2) is 42.5 Å². The summed E-state index contributed by atoms with van der Waals surface area (Å²) in [5.41, 5.74) is 2.11.